The SMILES string of the molecule is C=CC(=O)N1CCO[C@@H]2CN(C(=O)N(C)[C@H](C(=O)N[C@H]3Cc4nc(cs4)-c4ccc5c(c4)c(c(-c4cccnc4[C@H](C)OC)n5CC)CC(C)(C)COC[C@]4(C(=O)[SiH3])CCCN(N4)C3=O)C(C)C)C[C@@H]21. The first-order chi connectivity index (χ1) is 33.4. The molecule has 0 spiro atoms. The molecule has 1 aromatic carbocycles. The van der Waals surface area contributed by atoms with E-state index in [0.717, 1.165) is 44.7 Å². The van der Waals surface area contributed by atoms with Gasteiger partial charge in [0.15, 0.2) is 0 Å². The number of thiazole rings is 1. The van der Waals surface area contributed by atoms with Gasteiger partial charge in [-0.1, -0.05) is 40.3 Å². The van der Waals surface area contributed by atoms with Crippen molar-refractivity contribution in [1.29, 1.82) is 0 Å². The number of urea groups is 1. The highest BCUT2D eigenvalue weighted by Gasteiger charge is 2.47. The lowest BCUT2D eigenvalue weighted by atomic mass is 9.84. The predicted molar refractivity (Wildman–Crippen MR) is 272 cm³/mol. The molecule has 6 bridgehead atoms. The van der Waals surface area contributed by atoms with Crippen LogP contribution in [0.15, 0.2) is 54.6 Å². The summed E-state index contributed by atoms with van der Waals surface area (Å²) in [4.78, 5) is 85.1. The molecule has 7 heterocycles. The molecule has 0 saturated carbocycles. The second-order valence-electron chi connectivity index (χ2n) is 20.4. The van der Waals surface area contributed by atoms with E-state index < -0.39 is 34.9 Å². The Balaban J connectivity index is 1.16. The lowest BCUT2D eigenvalue weighted by Crippen LogP contribution is -2.68. The Morgan fingerprint density at radius 1 is 1.14 bits per heavy atom. The molecule has 4 aromatic rings. The number of carbonyl (C=O) groups excluding carboxylic acids is 5. The summed E-state index contributed by atoms with van der Waals surface area (Å²) >= 11 is 1.41. The van der Waals surface area contributed by atoms with Gasteiger partial charge < -0.3 is 43.6 Å². The molecule has 3 saturated heterocycles. The van der Waals surface area contributed by atoms with E-state index in [1.54, 1.807) is 30.2 Å². The monoisotopic (exact) mass is 995 g/mol. The number of ether oxygens (including phenoxy) is 3. The molecule has 2 N–H and O–H groups in total. The third-order valence-corrected chi connectivity index (χ3v) is 16.4. The molecule has 6 atom stereocenters. The van der Waals surface area contributed by atoms with Crippen molar-refractivity contribution in [1.82, 2.24) is 45.0 Å². The number of hydrogen-bond donors (Lipinski definition) is 2. The van der Waals surface area contributed by atoms with E-state index in [1.807, 2.05) is 32.2 Å². The van der Waals surface area contributed by atoms with Crippen molar-refractivity contribution in [3.63, 3.8) is 0 Å². The normalized spacial score (nSPS) is 23.7. The summed E-state index contributed by atoms with van der Waals surface area (Å²) in [7, 11) is 3.51. The summed E-state index contributed by atoms with van der Waals surface area (Å²) < 4.78 is 20.8. The van der Waals surface area contributed by atoms with Crippen LogP contribution >= 0.6 is 11.3 Å². The van der Waals surface area contributed by atoms with Gasteiger partial charge in [-0.05, 0) is 80.3 Å². The molecule has 8 rings (SSSR count). The number of fused-ring (bicyclic) bond motifs is 7. The number of pyridine rings is 1. The lowest BCUT2D eigenvalue weighted by Gasteiger charge is -2.43. The third-order valence-electron chi connectivity index (χ3n) is 14.6. The summed E-state index contributed by atoms with van der Waals surface area (Å²) in [6.07, 6.45) is 4.20. The number of likely N-dealkylation sites (tertiary alicyclic amines) is 1. The van der Waals surface area contributed by atoms with Crippen LogP contribution < -0.4 is 10.7 Å². The lowest BCUT2D eigenvalue weighted by molar-refractivity contribution is -0.148. The third kappa shape index (κ3) is 9.97. The maximum atomic E-state index is 15.0. The number of methoxy groups -OCH3 is 1. The highest BCUT2D eigenvalue weighted by atomic mass is 32.1. The molecule has 17 nitrogen and oxygen atoms in total. The molecule has 0 radical (unpaired) electrons. The number of likely N-dealkylation sites (N-methyl/N-ethyl adjacent to an activating group) is 1. The highest BCUT2D eigenvalue weighted by molar-refractivity contribution is 7.10. The van der Waals surface area contributed by atoms with Crippen LogP contribution in [0.3, 0.4) is 0 Å². The van der Waals surface area contributed by atoms with E-state index >= 15 is 0 Å². The van der Waals surface area contributed by atoms with E-state index in [9.17, 15) is 24.0 Å². The van der Waals surface area contributed by atoms with Gasteiger partial charge >= 0.3 is 6.03 Å². The van der Waals surface area contributed by atoms with E-state index in [4.69, 9.17) is 24.2 Å². The van der Waals surface area contributed by atoms with E-state index in [-0.39, 0.29) is 77.9 Å². The Bertz CT molecular complexity index is 2650. The summed E-state index contributed by atoms with van der Waals surface area (Å²) in [6.45, 7) is 18.5. The molecule has 0 aliphatic carbocycles. The number of benzene rings is 1. The number of rotatable bonds is 10. The Hall–Kier alpha value is -5.31. The molecule has 3 aromatic heterocycles. The van der Waals surface area contributed by atoms with Crippen LogP contribution in [-0.4, -0.2) is 164 Å². The summed E-state index contributed by atoms with van der Waals surface area (Å²) in [5.41, 5.74) is 8.58. The fraction of sp³-hybridized carbons (Fsp3) is 0.549. The van der Waals surface area contributed by atoms with E-state index in [0.29, 0.717) is 57.1 Å². The molecule has 376 valence electrons. The average Bonchev–Trinajstić information content (AvgIpc) is 4.08. The van der Waals surface area contributed by atoms with Gasteiger partial charge in [0.2, 0.25) is 11.8 Å². The molecule has 70 heavy (non-hydrogen) atoms. The maximum absolute atomic E-state index is 15.0. The largest absolute Gasteiger partial charge is 0.378 e. The smallest absolute Gasteiger partial charge is 0.320 e. The minimum absolute atomic E-state index is 0.0243. The number of morpholine rings is 1. The summed E-state index contributed by atoms with van der Waals surface area (Å²) in [5.74, 6) is -1.49. The van der Waals surface area contributed by atoms with Gasteiger partial charge in [-0.15, -0.1) is 11.3 Å². The van der Waals surface area contributed by atoms with Crippen LogP contribution in [0.25, 0.3) is 33.4 Å². The molecule has 19 heteroatoms. The first-order valence-electron chi connectivity index (χ1n) is 24.5. The Morgan fingerprint density at radius 3 is 2.64 bits per heavy atom. The zero-order chi connectivity index (χ0) is 50.2. The molecule has 5 amide bonds. The Kier molecular flexibility index (Phi) is 15.2. The van der Waals surface area contributed by atoms with Crippen molar-refractivity contribution in [2.75, 3.05) is 60.2 Å². The average molecular weight is 996 g/mol. The van der Waals surface area contributed by atoms with E-state index in [1.165, 1.54) is 27.3 Å². The number of nitrogens with one attached hydrogen (secondary N) is 2. The van der Waals surface area contributed by atoms with E-state index in [2.05, 4.69) is 66.9 Å². The molecular formula is C51H69N9O8SSi. The van der Waals surface area contributed by atoms with Gasteiger partial charge in [0, 0.05) is 80.4 Å². The van der Waals surface area contributed by atoms with Crippen LogP contribution in [0, 0.1) is 11.3 Å². The second-order valence-corrected chi connectivity index (χ2v) is 22.2. The first kappa shape index (κ1) is 51.1. The first-order valence-corrected chi connectivity index (χ1v) is 26.4. The standard InChI is InChI=1S/C51H69N9O8SSi/c1-10-42(61)59-20-21-68-40-26-57(25-39(40)59)49(65)56(8)44(30(3)4)46(62)54-36-23-41-53-37(27-69-41)32-15-16-38-34(22-32)35(45(58(38)11-2)33-14-12-18-52-43(33)31(5)66-9)24-50(6,7)28-67-29-51(48(64)70)17-13-19-60(55-51)47(36)63/h10,12,14-16,18,22,27,30-31,36,39-40,44,55H,1,11,13,17,19-21,23-26,28-29H2,2-9,70H3,(H,54,62)/t31-,36-,39-,40+,44-,51-/m0/s1. The van der Waals surface area contributed by atoms with Crippen LogP contribution in [0.1, 0.15) is 76.8 Å². The van der Waals surface area contributed by atoms with Crippen LogP contribution in [-0.2, 0) is 52.8 Å². The van der Waals surface area contributed by atoms with Crippen molar-refractivity contribution in [3.8, 4) is 22.5 Å². The Morgan fingerprint density at radius 2 is 1.93 bits per heavy atom. The molecule has 0 unspecified atom stereocenters. The number of hydrazine groups is 1. The van der Waals surface area contributed by atoms with Gasteiger partial charge in [0.05, 0.1) is 76.9 Å². The predicted octanol–water partition coefficient (Wildman–Crippen LogP) is 4.11. The zero-order valence-corrected chi connectivity index (χ0v) is 44.9. The van der Waals surface area contributed by atoms with Gasteiger partial charge in [0.1, 0.15) is 23.0 Å². The zero-order valence-electron chi connectivity index (χ0n) is 42.1. The van der Waals surface area contributed by atoms with Gasteiger partial charge in [-0.2, -0.15) is 0 Å². The summed E-state index contributed by atoms with van der Waals surface area (Å²) in [5, 5.41) is 8.21. The molecule has 3 fully saturated rings. The number of aryl methyl sites for hydroxylation is 1. The van der Waals surface area contributed by atoms with Gasteiger partial charge in [-0.3, -0.25) is 24.4 Å². The topological polar surface area (TPSA) is 181 Å². The molecular weight excluding hydrogens is 927 g/mol. The minimum Gasteiger partial charge on any atom is -0.378 e. The van der Waals surface area contributed by atoms with Crippen molar-refractivity contribution in [2.45, 2.75) is 110 Å². The molecule has 4 aliphatic heterocycles. The van der Waals surface area contributed by atoms with Crippen LogP contribution in [0.2, 0.25) is 0 Å². The number of carbonyl (C=O) groups is 5. The number of nitrogens with zero attached hydrogens (tertiary/aromatic N) is 7. The quantitative estimate of drug-likeness (QED) is 0.173. The number of hydrogen-bond acceptors (Lipinski definition) is 12. The van der Waals surface area contributed by atoms with Gasteiger partial charge in [-0.25, -0.2) is 15.2 Å². The van der Waals surface area contributed by atoms with Crippen LogP contribution in [0.5, 0.6) is 0 Å². The Labute approximate surface area is 417 Å². The highest BCUT2D eigenvalue weighted by Crippen LogP contribution is 2.42. The van der Waals surface area contributed by atoms with Crippen molar-refractivity contribution < 1.29 is 38.2 Å². The number of aromatic nitrogens is 3. The minimum atomic E-state index is -1.14. The van der Waals surface area contributed by atoms with Crippen LogP contribution in [0.4, 0.5) is 4.79 Å². The fourth-order valence-electron chi connectivity index (χ4n) is 10.9. The molecule has 4 aliphatic rings. The van der Waals surface area contributed by atoms with Crippen molar-refractivity contribution in [2.24, 2.45) is 11.3 Å². The van der Waals surface area contributed by atoms with Crippen molar-refractivity contribution in [3.05, 3.63) is 70.8 Å². The van der Waals surface area contributed by atoms with Crippen molar-refractivity contribution >= 4 is 61.6 Å². The summed E-state index contributed by atoms with van der Waals surface area (Å²) in [6, 6.07) is 7.71. The number of amides is 5. The fourth-order valence-corrected chi connectivity index (χ4v) is 12.2. The maximum Gasteiger partial charge on any atom is 0.320 e. The van der Waals surface area contributed by atoms with Gasteiger partial charge in [0.25, 0.3) is 5.91 Å². The second kappa shape index (κ2) is 20.8.